The third-order valence-electron chi connectivity index (χ3n) is 2.21. The van der Waals surface area contributed by atoms with Crippen LogP contribution in [0.25, 0.3) is 0 Å². The molecule has 5 heteroatoms. The Morgan fingerprint density at radius 1 is 1.50 bits per heavy atom. The van der Waals surface area contributed by atoms with Gasteiger partial charge in [-0.3, -0.25) is 0 Å². The van der Waals surface area contributed by atoms with E-state index >= 15 is 0 Å². The van der Waals surface area contributed by atoms with Crippen molar-refractivity contribution < 1.29 is 0 Å². The standard InChI is InChI=1S/C9H11ClIN3/c10-8(6-1-2-6)5-14-9-12-3-7(11)4-13-9/h3-4,6,8H,1-2,5H2,(H,12,13,14). The first-order valence-corrected chi connectivity index (χ1v) is 6.12. The van der Waals surface area contributed by atoms with Crippen LogP contribution in [-0.4, -0.2) is 21.9 Å². The summed E-state index contributed by atoms with van der Waals surface area (Å²) in [7, 11) is 0. The van der Waals surface area contributed by atoms with Gasteiger partial charge in [0.1, 0.15) is 0 Å². The Labute approximate surface area is 102 Å². The molecule has 1 N–H and O–H groups in total. The van der Waals surface area contributed by atoms with Crippen LogP contribution in [-0.2, 0) is 0 Å². The smallest absolute Gasteiger partial charge is 0.222 e. The number of halogens is 2. The van der Waals surface area contributed by atoms with Crippen molar-refractivity contribution in [2.45, 2.75) is 18.2 Å². The first-order valence-electron chi connectivity index (χ1n) is 4.61. The van der Waals surface area contributed by atoms with E-state index in [4.69, 9.17) is 11.6 Å². The number of nitrogens with zero attached hydrogens (tertiary/aromatic N) is 2. The van der Waals surface area contributed by atoms with Gasteiger partial charge in [0.25, 0.3) is 0 Å². The molecule has 0 amide bonds. The SMILES string of the molecule is ClC(CNc1ncc(I)cn1)C1CC1. The Morgan fingerprint density at radius 3 is 2.71 bits per heavy atom. The predicted molar refractivity (Wildman–Crippen MR) is 65.6 cm³/mol. The van der Waals surface area contributed by atoms with Crippen LogP contribution in [0.1, 0.15) is 12.8 Å². The van der Waals surface area contributed by atoms with E-state index in [2.05, 4.69) is 37.9 Å². The summed E-state index contributed by atoms with van der Waals surface area (Å²) in [6.45, 7) is 0.757. The van der Waals surface area contributed by atoms with Crippen molar-refractivity contribution in [3.63, 3.8) is 0 Å². The highest BCUT2D eigenvalue weighted by atomic mass is 127. The van der Waals surface area contributed by atoms with Gasteiger partial charge in [0.05, 0.1) is 5.38 Å². The summed E-state index contributed by atoms with van der Waals surface area (Å²) in [5.41, 5.74) is 0. The van der Waals surface area contributed by atoms with E-state index in [0.29, 0.717) is 11.9 Å². The zero-order chi connectivity index (χ0) is 9.97. The van der Waals surface area contributed by atoms with Crippen molar-refractivity contribution in [2.24, 2.45) is 5.92 Å². The van der Waals surface area contributed by atoms with Crippen LogP contribution >= 0.6 is 34.2 Å². The number of aromatic nitrogens is 2. The van der Waals surface area contributed by atoms with Gasteiger partial charge in [-0.2, -0.15) is 0 Å². The summed E-state index contributed by atoms with van der Waals surface area (Å²) in [6.07, 6.45) is 6.11. The molecule has 1 heterocycles. The fourth-order valence-corrected chi connectivity index (χ4v) is 1.82. The summed E-state index contributed by atoms with van der Waals surface area (Å²) >= 11 is 8.32. The average molecular weight is 324 g/mol. The minimum Gasteiger partial charge on any atom is -0.353 e. The summed E-state index contributed by atoms with van der Waals surface area (Å²) in [5, 5.41) is 3.36. The number of rotatable bonds is 4. The molecule has 0 aliphatic heterocycles. The molecule has 0 aromatic carbocycles. The Kier molecular flexibility index (Phi) is 3.43. The molecule has 1 aliphatic carbocycles. The van der Waals surface area contributed by atoms with Crippen LogP contribution in [0.4, 0.5) is 5.95 Å². The van der Waals surface area contributed by atoms with Gasteiger partial charge in [-0.05, 0) is 41.4 Å². The van der Waals surface area contributed by atoms with Crippen LogP contribution in [0.5, 0.6) is 0 Å². The maximum Gasteiger partial charge on any atom is 0.222 e. The second-order valence-electron chi connectivity index (χ2n) is 3.46. The molecule has 2 rings (SSSR count). The monoisotopic (exact) mass is 323 g/mol. The molecule has 1 aliphatic rings. The average Bonchev–Trinajstić information content (AvgIpc) is 3.00. The normalized spacial score (nSPS) is 17.9. The fourth-order valence-electron chi connectivity index (χ4n) is 1.22. The van der Waals surface area contributed by atoms with Crippen molar-refractivity contribution in [2.75, 3.05) is 11.9 Å². The van der Waals surface area contributed by atoms with Gasteiger partial charge >= 0.3 is 0 Å². The lowest BCUT2D eigenvalue weighted by Gasteiger charge is -2.08. The van der Waals surface area contributed by atoms with E-state index in [9.17, 15) is 0 Å². The van der Waals surface area contributed by atoms with Crippen molar-refractivity contribution in [3.8, 4) is 0 Å². The zero-order valence-electron chi connectivity index (χ0n) is 7.58. The predicted octanol–water partition coefficient (Wildman–Crippen LogP) is 2.51. The molecule has 0 radical (unpaired) electrons. The maximum absolute atomic E-state index is 6.14. The molecule has 1 fully saturated rings. The molecule has 1 unspecified atom stereocenters. The maximum atomic E-state index is 6.14. The summed E-state index contributed by atoms with van der Waals surface area (Å²) in [6, 6.07) is 0. The van der Waals surface area contributed by atoms with E-state index in [-0.39, 0.29) is 5.38 Å². The minimum absolute atomic E-state index is 0.220. The van der Waals surface area contributed by atoms with Crippen LogP contribution < -0.4 is 5.32 Å². The Morgan fingerprint density at radius 2 is 2.14 bits per heavy atom. The van der Waals surface area contributed by atoms with Crippen LogP contribution in [0.2, 0.25) is 0 Å². The van der Waals surface area contributed by atoms with Gasteiger partial charge in [0.2, 0.25) is 5.95 Å². The van der Waals surface area contributed by atoms with E-state index < -0.39 is 0 Å². The second-order valence-corrected chi connectivity index (χ2v) is 5.27. The second kappa shape index (κ2) is 4.61. The lowest BCUT2D eigenvalue weighted by Crippen LogP contribution is -2.17. The van der Waals surface area contributed by atoms with E-state index in [1.807, 2.05) is 0 Å². The molecule has 14 heavy (non-hydrogen) atoms. The van der Waals surface area contributed by atoms with Crippen LogP contribution in [0.3, 0.4) is 0 Å². The lowest BCUT2D eigenvalue weighted by molar-refractivity contribution is 0.765. The zero-order valence-corrected chi connectivity index (χ0v) is 10.5. The molecule has 1 atom stereocenters. The highest BCUT2D eigenvalue weighted by molar-refractivity contribution is 14.1. The van der Waals surface area contributed by atoms with Crippen molar-refractivity contribution in [1.82, 2.24) is 9.97 Å². The third kappa shape index (κ3) is 2.95. The van der Waals surface area contributed by atoms with Crippen molar-refractivity contribution in [3.05, 3.63) is 16.0 Å². The number of hydrogen-bond donors (Lipinski definition) is 1. The molecule has 0 saturated heterocycles. The topological polar surface area (TPSA) is 37.8 Å². The first kappa shape index (κ1) is 10.4. The molecule has 3 nitrogen and oxygen atoms in total. The van der Waals surface area contributed by atoms with E-state index in [1.165, 1.54) is 12.8 Å². The molecule has 1 aromatic rings. The van der Waals surface area contributed by atoms with Crippen molar-refractivity contribution >= 4 is 40.1 Å². The van der Waals surface area contributed by atoms with Gasteiger partial charge in [0, 0.05) is 22.5 Å². The van der Waals surface area contributed by atoms with Gasteiger partial charge < -0.3 is 5.32 Å². The summed E-state index contributed by atoms with van der Waals surface area (Å²) in [5.74, 6) is 1.37. The molecular weight excluding hydrogens is 312 g/mol. The van der Waals surface area contributed by atoms with E-state index in [0.717, 1.165) is 10.1 Å². The summed E-state index contributed by atoms with van der Waals surface area (Å²) in [4.78, 5) is 8.28. The van der Waals surface area contributed by atoms with Gasteiger partial charge in [-0.25, -0.2) is 9.97 Å². The molecule has 76 valence electrons. The number of hydrogen-bond acceptors (Lipinski definition) is 3. The highest BCUT2D eigenvalue weighted by Gasteiger charge is 2.29. The number of alkyl halides is 1. The summed E-state index contributed by atoms with van der Waals surface area (Å²) < 4.78 is 1.04. The molecule has 0 bridgehead atoms. The first-order chi connectivity index (χ1) is 6.75. The quantitative estimate of drug-likeness (QED) is 0.683. The number of nitrogens with one attached hydrogen (secondary N) is 1. The molecule has 1 aromatic heterocycles. The minimum atomic E-state index is 0.220. The molecular formula is C9H11ClIN3. The molecule has 1 saturated carbocycles. The molecule has 0 spiro atoms. The largest absolute Gasteiger partial charge is 0.353 e. The highest BCUT2D eigenvalue weighted by Crippen LogP contribution is 2.35. The van der Waals surface area contributed by atoms with Crippen LogP contribution in [0.15, 0.2) is 12.4 Å². The van der Waals surface area contributed by atoms with Crippen LogP contribution in [0, 0.1) is 9.49 Å². The van der Waals surface area contributed by atoms with Gasteiger partial charge in [0.15, 0.2) is 0 Å². The van der Waals surface area contributed by atoms with Gasteiger partial charge in [-0.15, -0.1) is 11.6 Å². The third-order valence-corrected chi connectivity index (χ3v) is 3.28. The van der Waals surface area contributed by atoms with Crippen molar-refractivity contribution in [1.29, 1.82) is 0 Å². The Balaban J connectivity index is 1.82. The Bertz CT molecular complexity index is 299. The van der Waals surface area contributed by atoms with E-state index in [1.54, 1.807) is 12.4 Å². The number of anilines is 1. The van der Waals surface area contributed by atoms with Gasteiger partial charge in [-0.1, -0.05) is 0 Å². The Hall–Kier alpha value is -0.100. The lowest BCUT2D eigenvalue weighted by atomic mass is 10.3. The fraction of sp³-hybridized carbons (Fsp3) is 0.556.